The predicted octanol–water partition coefficient (Wildman–Crippen LogP) is -2.25. The van der Waals surface area contributed by atoms with Crippen LogP contribution in [0.3, 0.4) is 0 Å². The number of carboxylic acids is 2. The minimum Gasteiger partial charge on any atom is -0.480 e. The van der Waals surface area contributed by atoms with Crippen LogP contribution in [0.15, 0.2) is 12.7 Å². The van der Waals surface area contributed by atoms with Crippen LogP contribution >= 0.6 is 0 Å². The molecule has 0 rings (SSSR count). The summed E-state index contributed by atoms with van der Waals surface area (Å²) in [4.78, 5) is 29.2. The van der Waals surface area contributed by atoms with Gasteiger partial charge >= 0.3 is 11.9 Å². The van der Waals surface area contributed by atoms with E-state index in [1.807, 2.05) is 0 Å². The zero-order valence-electron chi connectivity index (χ0n) is 7.58. The molecular weight excluding hydrogens is 210 g/mol. The van der Waals surface area contributed by atoms with Crippen molar-refractivity contribution in [1.82, 2.24) is 5.32 Å². The zero-order chi connectivity index (χ0) is 12.4. The Morgan fingerprint density at radius 3 is 1.93 bits per heavy atom. The summed E-state index contributed by atoms with van der Waals surface area (Å²) in [6.45, 7) is 2.28. The molecule has 0 aromatic rings. The van der Waals surface area contributed by atoms with Gasteiger partial charge in [-0.05, 0) is 6.08 Å². The quantitative estimate of drug-likeness (QED) is 0.266. The van der Waals surface area contributed by atoms with Gasteiger partial charge in [-0.25, -0.2) is 9.59 Å². The van der Waals surface area contributed by atoms with Gasteiger partial charge in [-0.2, -0.15) is 0 Å². The van der Waals surface area contributed by atoms with E-state index in [1.165, 1.54) is 0 Å². The average Bonchev–Trinajstić information content (AvgIpc) is 2.18. The number of carboxylic acid groups (broad SMARTS) is 2. The maximum atomic E-state index is 10.3. The molecule has 0 aliphatic heterocycles. The summed E-state index contributed by atoms with van der Waals surface area (Å²) in [6, 6.07) is 0. The minimum atomic E-state index is -1.86. The molecule has 15 heavy (non-hydrogen) atoms. The summed E-state index contributed by atoms with van der Waals surface area (Å²) in [7, 11) is 0. The first-order valence-corrected chi connectivity index (χ1v) is 3.51. The monoisotopic (exact) mass is 221 g/mol. The highest BCUT2D eigenvalue weighted by atomic mass is 16.4. The fourth-order valence-electron chi connectivity index (χ4n) is 0.255. The number of hydrogen-bond donors (Lipinski definition) is 5. The summed E-state index contributed by atoms with van der Waals surface area (Å²) in [5, 5.41) is 33.2. The van der Waals surface area contributed by atoms with Gasteiger partial charge in [-0.1, -0.05) is 6.58 Å². The lowest BCUT2D eigenvalue weighted by atomic mass is 10.5. The highest BCUT2D eigenvalue weighted by Crippen LogP contribution is 1.76. The van der Waals surface area contributed by atoms with Gasteiger partial charge in [0.15, 0.2) is 0 Å². The normalized spacial score (nSPS) is 10.3. The number of aliphatic hydroxyl groups excluding tert-OH is 2. The predicted molar refractivity (Wildman–Crippen MR) is 46.7 cm³/mol. The Labute approximate surface area is 84.5 Å². The molecule has 0 aliphatic carbocycles. The van der Waals surface area contributed by atoms with Gasteiger partial charge in [-0.3, -0.25) is 4.79 Å². The molecule has 0 radical (unpaired) electrons. The number of aliphatic hydroxyl groups is 2. The van der Waals surface area contributed by atoms with E-state index in [0.717, 1.165) is 6.08 Å². The van der Waals surface area contributed by atoms with Crippen LogP contribution in [-0.2, 0) is 14.4 Å². The fraction of sp³-hybridized carbons (Fsp3) is 0.286. The third-order valence-electron chi connectivity index (χ3n) is 0.834. The summed E-state index contributed by atoms with van der Waals surface area (Å²) >= 11 is 0. The number of rotatable bonds is 4. The lowest BCUT2D eigenvalue weighted by Gasteiger charge is -2.03. The molecule has 1 unspecified atom stereocenters. The molecule has 0 heterocycles. The van der Waals surface area contributed by atoms with E-state index in [-0.39, 0.29) is 0 Å². The largest absolute Gasteiger partial charge is 0.480 e. The van der Waals surface area contributed by atoms with Crippen molar-refractivity contribution in [3.8, 4) is 0 Å². The van der Waals surface area contributed by atoms with Gasteiger partial charge in [0.25, 0.3) is 0 Å². The minimum absolute atomic E-state index is 0.727. The molecule has 0 aliphatic rings. The Kier molecular flexibility index (Phi) is 8.97. The van der Waals surface area contributed by atoms with Gasteiger partial charge in [0.2, 0.25) is 12.1 Å². The number of carbonyl (C=O) groups is 3. The van der Waals surface area contributed by atoms with Crippen LogP contribution in [0, 0.1) is 0 Å². The van der Waals surface area contributed by atoms with Crippen molar-refractivity contribution in [2.24, 2.45) is 0 Å². The van der Waals surface area contributed by atoms with Crippen molar-refractivity contribution >= 4 is 17.8 Å². The SMILES string of the molecule is C=CC(=O)NC(O)C(=O)O.O=C(O)CO. The molecule has 1 amide bonds. The maximum absolute atomic E-state index is 10.3. The smallest absolute Gasteiger partial charge is 0.353 e. The second-order valence-electron chi connectivity index (χ2n) is 2.01. The fourth-order valence-corrected chi connectivity index (χ4v) is 0.255. The molecule has 0 spiro atoms. The molecule has 0 aromatic heterocycles. The number of carbonyl (C=O) groups excluding carboxylic acids is 1. The van der Waals surface area contributed by atoms with Crippen LogP contribution in [0.4, 0.5) is 0 Å². The molecule has 5 N–H and O–H groups in total. The molecule has 0 fully saturated rings. The Morgan fingerprint density at radius 2 is 1.73 bits per heavy atom. The first-order chi connectivity index (χ1) is 6.84. The van der Waals surface area contributed by atoms with Crippen molar-refractivity contribution < 1.29 is 34.8 Å². The number of amides is 1. The second-order valence-corrected chi connectivity index (χ2v) is 2.01. The van der Waals surface area contributed by atoms with Crippen molar-refractivity contribution in [2.45, 2.75) is 6.23 Å². The second kappa shape index (κ2) is 8.66. The summed E-state index contributed by atoms with van der Waals surface area (Å²) in [6.07, 6.45) is -0.989. The molecule has 0 saturated carbocycles. The van der Waals surface area contributed by atoms with E-state index in [2.05, 4.69) is 6.58 Å². The first-order valence-electron chi connectivity index (χ1n) is 3.51. The molecule has 8 nitrogen and oxygen atoms in total. The molecular formula is C7H11NO7. The van der Waals surface area contributed by atoms with Crippen LogP contribution in [0.2, 0.25) is 0 Å². The van der Waals surface area contributed by atoms with E-state index < -0.39 is 30.7 Å². The van der Waals surface area contributed by atoms with Gasteiger partial charge < -0.3 is 25.7 Å². The van der Waals surface area contributed by atoms with Crippen LogP contribution in [0.1, 0.15) is 0 Å². The number of aliphatic carboxylic acids is 2. The number of nitrogens with one attached hydrogen (secondary N) is 1. The lowest BCUT2D eigenvalue weighted by molar-refractivity contribution is -0.150. The Balaban J connectivity index is 0. The Hall–Kier alpha value is -1.93. The first kappa shape index (κ1) is 15.5. The Bertz CT molecular complexity index is 250. The summed E-state index contributed by atoms with van der Waals surface area (Å²) < 4.78 is 0. The van der Waals surface area contributed by atoms with Crippen LogP contribution < -0.4 is 5.32 Å². The summed E-state index contributed by atoms with van der Waals surface area (Å²) in [5.41, 5.74) is 0. The van der Waals surface area contributed by atoms with Gasteiger partial charge in [0.1, 0.15) is 6.61 Å². The zero-order valence-corrected chi connectivity index (χ0v) is 7.58. The van der Waals surface area contributed by atoms with Crippen molar-refractivity contribution in [2.75, 3.05) is 6.61 Å². The highest BCUT2D eigenvalue weighted by molar-refractivity contribution is 5.89. The topological polar surface area (TPSA) is 144 Å². The molecule has 86 valence electrons. The van der Waals surface area contributed by atoms with E-state index in [1.54, 1.807) is 5.32 Å². The van der Waals surface area contributed by atoms with E-state index in [4.69, 9.17) is 25.2 Å². The van der Waals surface area contributed by atoms with Crippen LogP contribution in [0.25, 0.3) is 0 Å². The van der Waals surface area contributed by atoms with Gasteiger partial charge in [-0.15, -0.1) is 0 Å². The van der Waals surface area contributed by atoms with E-state index in [0.29, 0.717) is 0 Å². The molecule has 0 bridgehead atoms. The Morgan fingerprint density at radius 1 is 1.33 bits per heavy atom. The van der Waals surface area contributed by atoms with Crippen LogP contribution in [0.5, 0.6) is 0 Å². The highest BCUT2D eigenvalue weighted by Gasteiger charge is 2.13. The van der Waals surface area contributed by atoms with Crippen molar-refractivity contribution in [1.29, 1.82) is 0 Å². The molecule has 0 saturated heterocycles. The standard InChI is InChI=1S/C5H7NO4.C2H4O3/c1-2-3(7)6-4(8)5(9)10;3-1-2(4)5/h2,4,8H,1H2,(H,6,7)(H,9,10);3H,1H2,(H,4,5). The average molecular weight is 221 g/mol. The van der Waals surface area contributed by atoms with E-state index >= 15 is 0 Å². The molecule has 1 atom stereocenters. The number of hydrogen-bond acceptors (Lipinski definition) is 5. The van der Waals surface area contributed by atoms with Gasteiger partial charge in [0.05, 0.1) is 0 Å². The van der Waals surface area contributed by atoms with Crippen molar-refractivity contribution in [3.05, 3.63) is 12.7 Å². The lowest BCUT2D eigenvalue weighted by Crippen LogP contribution is -2.39. The summed E-state index contributed by atoms with van der Waals surface area (Å²) in [5.74, 6) is -3.42. The molecule has 8 heteroatoms. The van der Waals surface area contributed by atoms with Gasteiger partial charge in [0, 0.05) is 0 Å². The molecule has 0 aromatic carbocycles. The van der Waals surface area contributed by atoms with Crippen LogP contribution in [-0.4, -0.2) is 51.1 Å². The van der Waals surface area contributed by atoms with E-state index in [9.17, 15) is 9.59 Å². The third-order valence-corrected chi connectivity index (χ3v) is 0.834. The maximum Gasteiger partial charge on any atom is 0.353 e. The third kappa shape index (κ3) is 12.1. The van der Waals surface area contributed by atoms with Crippen molar-refractivity contribution in [3.63, 3.8) is 0 Å².